The molecule has 1 fully saturated rings. The summed E-state index contributed by atoms with van der Waals surface area (Å²) in [5, 5.41) is 0.685. The van der Waals surface area contributed by atoms with Gasteiger partial charge in [-0.15, -0.1) is 0 Å². The van der Waals surface area contributed by atoms with Crippen LogP contribution in [0.1, 0.15) is 30.7 Å². The zero-order chi connectivity index (χ0) is 19.3. The maximum absolute atomic E-state index is 12.8. The number of amides is 1. The number of nitrogens with zero attached hydrogens (tertiary/aromatic N) is 2. The van der Waals surface area contributed by atoms with Gasteiger partial charge in [0.15, 0.2) is 11.7 Å². The van der Waals surface area contributed by atoms with E-state index in [1.54, 1.807) is 6.20 Å². The molecule has 2 aromatic carbocycles. The van der Waals surface area contributed by atoms with Crippen molar-refractivity contribution in [1.29, 1.82) is 0 Å². The summed E-state index contributed by atoms with van der Waals surface area (Å²) in [4.78, 5) is 19.1. The Hall–Kier alpha value is -2.59. The fourth-order valence-corrected chi connectivity index (χ4v) is 3.92. The van der Waals surface area contributed by atoms with E-state index >= 15 is 0 Å². The van der Waals surface area contributed by atoms with E-state index in [1.165, 1.54) is 5.56 Å². The van der Waals surface area contributed by atoms with Gasteiger partial charge < -0.3 is 9.32 Å². The van der Waals surface area contributed by atoms with E-state index in [0.29, 0.717) is 35.6 Å². The Bertz CT molecular complexity index is 921. The molecule has 0 bridgehead atoms. The highest BCUT2D eigenvalue weighted by Gasteiger charge is 2.28. The van der Waals surface area contributed by atoms with E-state index in [1.807, 2.05) is 35.2 Å². The Morgan fingerprint density at radius 1 is 1.14 bits per heavy atom. The van der Waals surface area contributed by atoms with Crippen molar-refractivity contribution in [3.8, 4) is 11.3 Å². The molecule has 0 saturated carbocycles. The zero-order valence-corrected chi connectivity index (χ0v) is 16.4. The van der Waals surface area contributed by atoms with Crippen LogP contribution in [-0.4, -0.2) is 28.4 Å². The highest BCUT2D eigenvalue weighted by Crippen LogP contribution is 2.24. The predicted molar refractivity (Wildman–Crippen MR) is 110 cm³/mol. The summed E-state index contributed by atoms with van der Waals surface area (Å²) in [6, 6.07) is 18.1. The van der Waals surface area contributed by atoms with E-state index in [-0.39, 0.29) is 5.91 Å². The summed E-state index contributed by atoms with van der Waals surface area (Å²) < 4.78 is 5.82. The number of carbonyl (C=O) groups is 1. The largest absolute Gasteiger partial charge is 0.441 e. The lowest BCUT2D eigenvalue weighted by atomic mass is 10.0. The van der Waals surface area contributed by atoms with Crippen LogP contribution < -0.4 is 0 Å². The van der Waals surface area contributed by atoms with E-state index in [4.69, 9.17) is 16.0 Å². The molecule has 1 unspecified atom stereocenters. The lowest BCUT2D eigenvalue weighted by Crippen LogP contribution is -2.36. The van der Waals surface area contributed by atoms with Crippen LogP contribution >= 0.6 is 11.6 Å². The van der Waals surface area contributed by atoms with Crippen molar-refractivity contribution >= 4 is 17.5 Å². The van der Waals surface area contributed by atoms with Crippen LogP contribution in [0, 0.1) is 0 Å². The minimum atomic E-state index is 0.185. The smallest absolute Gasteiger partial charge is 0.223 e. The number of rotatable bonds is 6. The number of aryl methyl sites for hydroxylation is 1. The molecule has 144 valence electrons. The summed E-state index contributed by atoms with van der Waals surface area (Å²) in [6.07, 6.45) is 5.71. The molecule has 28 heavy (non-hydrogen) atoms. The van der Waals surface area contributed by atoms with Gasteiger partial charge in [-0.25, -0.2) is 4.98 Å². The minimum Gasteiger partial charge on any atom is -0.441 e. The SMILES string of the molecule is O=C(CCc1ncc(-c2ccc(Cl)cc2)o1)N1CCCC1Cc1ccccc1. The normalized spacial score (nSPS) is 16.5. The van der Waals surface area contributed by atoms with Gasteiger partial charge in [0.05, 0.1) is 6.20 Å². The van der Waals surface area contributed by atoms with Crippen LogP contribution in [0.25, 0.3) is 11.3 Å². The van der Waals surface area contributed by atoms with Gasteiger partial charge in [0.25, 0.3) is 0 Å². The highest BCUT2D eigenvalue weighted by molar-refractivity contribution is 6.30. The van der Waals surface area contributed by atoms with Crippen LogP contribution in [0.2, 0.25) is 5.02 Å². The van der Waals surface area contributed by atoms with Gasteiger partial charge in [0.1, 0.15) is 0 Å². The van der Waals surface area contributed by atoms with Gasteiger partial charge in [-0.1, -0.05) is 41.9 Å². The fraction of sp³-hybridized carbons (Fsp3) is 0.304. The second-order valence-corrected chi connectivity index (χ2v) is 7.63. The maximum Gasteiger partial charge on any atom is 0.223 e. The summed E-state index contributed by atoms with van der Waals surface area (Å²) in [7, 11) is 0. The molecule has 0 radical (unpaired) electrons. The molecule has 5 heteroatoms. The van der Waals surface area contributed by atoms with Crippen molar-refractivity contribution in [2.75, 3.05) is 6.54 Å². The topological polar surface area (TPSA) is 46.3 Å². The Kier molecular flexibility index (Phi) is 5.77. The molecule has 1 amide bonds. The highest BCUT2D eigenvalue weighted by atomic mass is 35.5. The van der Waals surface area contributed by atoms with Crippen molar-refractivity contribution in [1.82, 2.24) is 9.88 Å². The third kappa shape index (κ3) is 4.45. The Balaban J connectivity index is 1.34. The fourth-order valence-electron chi connectivity index (χ4n) is 3.79. The first-order chi connectivity index (χ1) is 13.7. The quantitative estimate of drug-likeness (QED) is 0.580. The van der Waals surface area contributed by atoms with Crippen LogP contribution in [0.3, 0.4) is 0 Å². The molecule has 1 aromatic heterocycles. The van der Waals surface area contributed by atoms with Crippen LogP contribution in [-0.2, 0) is 17.6 Å². The Morgan fingerprint density at radius 3 is 2.71 bits per heavy atom. The molecule has 1 atom stereocenters. The molecule has 0 aliphatic carbocycles. The number of oxazole rings is 1. The van der Waals surface area contributed by atoms with Gasteiger partial charge in [-0.3, -0.25) is 4.79 Å². The second kappa shape index (κ2) is 8.61. The molecule has 1 saturated heterocycles. The minimum absolute atomic E-state index is 0.185. The first kappa shape index (κ1) is 18.8. The lowest BCUT2D eigenvalue weighted by Gasteiger charge is -2.24. The van der Waals surface area contributed by atoms with Gasteiger partial charge in [0, 0.05) is 36.0 Å². The van der Waals surface area contributed by atoms with E-state index in [9.17, 15) is 4.79 Å². The third-order valence-electron chi connectivity index (χ3n) is 5.25. The zero-order valence-electron chi connectivity index (χ0n) is 15.7. The van der Waals surface area contributed by atoms with Crippen LogP contribution in [0.4, 0.5) is 0 Å². The molecule has 4 nitrogen and oxygen atoms in total. The van der Waals surface area contributed by atoms with Gasteiger partial charge in [0.2, 0.25) is 5.91 Å². The summed E-state index contributed by atoms with van der Waals surface area (Å²) in [6.45, 7) is 0.845. The molecule has 4 rings (SSSR count). The number of hydrogen-bond donors (Lipinski definition) is 0. The van der Waals surface area contributed by atoms with Gasteiger partial charge >= 0.3 is 0 Å². The standard InChI is InChI=1S/C23H23ClN2O2/c24-19-10-8-18(9-11-19)21-16-25-22(28-21)12-13-23(27)26-14-4-7-20(26)15-17-5-2-1-3-6-17/h1-3,5-6,8-11,16,20H,4,7,12-15H2. The van der Waals surface area contributed by atoms with Crippen LogP contribution in [0.15, 0.2) is 65.2 Å². The number of halogens is 1. The first-order valence-electron chi connectivity index (χ1n) is 9.73. The van der Waals surface area contributed by atoms with Crippen molar-refractivity contribution < 1.29 is 9.21 Å². The van der Waals surface area contributed by atoms with E-state index in [0.717, 1.165) is 31.4 Å². The number of aromatic nitrogens is 1. The molecular weight excluding hydrogens is 372 g/mol. The molecule has 1 aliphatic rings. The van der Waals surface area contributed by atoms with Gasteiger partial charge in [-0.2, -0.15) is 0 Å². The summed E-state index contributed by atoms with van der Waals surface area (Å²) in [5.74, 6) is 1.48. The van der Waals surface area contributed by atoms with Crippen molar-refractivity contribution in [3.63, 3.8) is 0 Å². The van der Waals surface area contributed by atoms with Crippen molar-refractivity contribution in [2.24, 2.45) is 0 Å². The molecule has 1 aliphatic heterocycles. The molecule has 0 spiro atoms. The molecule has 2 heterocycles. The molecule has 0 N–H and O–H groups in total. The summed E-state index contributed by atoms with van der Waals surface area (Å²) >= 11 is 5.93. The average Bonchev–Trinajstić information content (AvgIpc) is 3.37. The summed E-state index contributed by atoms with van der Waals surface area (Å²) in [5.41, 5.74) is 2.21. The maximum atomic E-state index is 12.8. The Labute approximate surface area is 170 Å². The van der Waals surface area contributed by atoms with Crippen LogP contribution in [0.5, 0.6) is 0 Å². The monoisotopic (exact) mass is 394 g/mol. The van der Waals surface area contributed by atoms with E-state index in [2.05, 4.69) is 29.2 Å². The van der Waals surface area contributed by atoms with Crippen molar-refractivity contribution in [3.05, 3.63) is 77.3 Å². The first-order valence-corrected chi connectivity index (χ1v) is 10.1. The number of hydrogen-bond acceptors (Lipinski definition) is 3. The predicted octanol–water partition coefficient (Wildman–Crippen LogP) is 5.16. The Morgan fingerprint density at radius 2 is 1.93 bits per heavy atom. The lowest BCUT2D eigenvalue weighted by molar-refractivity contribution is -0.132. The molecule has 3 aromatic rings. The molecular formula is C23H23ClN2O2. The van der Waals surface area contributed by atoms with Crippen molar-refractivity contribution in [2.45, 2.75) is 38.1 Å². The number of benzene rings is 2. The number of likely N-dealkylation sites (tertiary alicyclic amines) is 1. The van der Waals surface area contributed by atoms with Gasteiger partial charge in [-0.05, 0) is 49.1 Å². The third-order valence-corrected chi connectivity index (χ3v) is 5.50. The average molecular weight is 395 g/mol. The number of carbonyl (C=O) groups excluding carboxylic acids is 1. The van der Waals surface area contributed by atoms with E-state index < -0.39 is 0 Å². The second-order valence-electron chi connectivity index (χ2n) is 7.20.